The van der Waals surface area contributed by atoms with Crippen LogP contribution in [0, 0.1) is 369 Å². The van der Waals surface area contributed by atoms with Gasteiger partial charge in [0.2, 0.25) is 0 Å². The van der Waals surface area contributed by atoms with Gasteiger partial charge >= 0.3 is 23.9 Å². The number of esters is 4. The van der Waals surface area contributed by atoms with Crippen molar-refractivity contribution in [3.63, 3.8) is 0 Å². The molecule has 4 saturated carbocycles. The topological polar surface area (TPSA) is 282 Å². The van der Waals surface area contributed by atoms with Crippen molar-refractivity contribution < 1.29 is 58.6 Å². The van der Waals surface area contributed by atoms with Gasteiger partial charge in [-0.1, -0.05) is 106 Å². The fraction of sp³-hybridized carbons (Fsp3) is 0.297. The van der Waals surface area contributed by atoms with Crippen LogP contribution in [0.5, 0.6) is 23.0 Å². The molecule has 8 atom stereocenters. The van der Waals surface area contributed by atoms with E-state index in [4.69, 9.17) is 38.2 Å². The first kappa shape index (κ1) is 112. The molecular formula is C128H92N8O12. The average molecular weight is 1930 g/mol. The van der Waals surface area contributed by atoms with Gasteiger partial charge in [-0.3, -0.25) is 19.2 Å². The number of phenolic OH excluding ortho intramolecular Hbond substituents is 4. The number of rotatable bonds is 9. The van der Waals surface area contributed by atoms with Crippen molar-refractivity contribution in [1.29, 1.82) is 0 Å². The molecule has 148 heavy (non-hydrogen) atoms. The smallest absolute Gasteiger partial charge is 0.324 e. The highest BCUT2D eigenvalue weighted by molar-refractivity contribution is 5.76. The molecule has 4 aromatic carbocycles. The van der Waals surface area contributed by atoms with Gasteiger partial charge in [0.25, 0.3) is 0 Å². The Hall–Kier alpha value is -20.0. The molecule has 1 aliphatic heterocycles. The molecule has 0 radical (unpaired) electrons. The Bertz CT molecular complexity index is 7590. The monoisotopic (exact) mass is 1930 g/mol. The van der Waals surface area contributed by atoms with E-state index in [-0.39, 0.29) is 156 Å². The van der Waals surface area contributed by atoms with Gasteiger partial charge in [-0.15, -0.1) is 19.3 Å². The summed E-state index contributed by atoms with van der Waals surface area (Å²) in [6.45, 7) is 2.80. The molecule has 9 rings (SSSR count). The van der Waals surface area contributed by atoms with Crippen LogP contribution in [0.2, 0.25) is 0 Å². The van der Waals surface area contributed by atoms with Crippen LogP contribution in [0.3, 0.4) is 0 Å². The molecule has 5 aliphatic rings. The van der Waals surface area contributed by atoms with Crippen LogP contribution in [0.15, 0.2) is 48.5 Å². The quantitative estimate of drug-likeness (QED) is 0.0465. The maximum absolute atomic E-state index is 13.8. The van der Waals surface area contributed by atoms with Gasteiger partial charge in [-0.05, 0) is 282 Å². The molecule has 8 unspecified atom stereocenters. The Labute approximate surface area is 869 Å². The summed E-state index contributed by atoms with van der Waals surface area (Å²) in [5.41, 5.74) is 6.32. The highest BCUT2D eigenvalue weighted by atomic mass is 16.5. The summed E-state index contributed by atoms with van der Waals surface area (Å²) in [4.78, 5) is 55.1. The number of hydrogen-bond acceptors (Lipinski definition) is 20. The molecule has 0 saturated heterocycles. The Kier molecular flexibility index (Phi) is 51.4. The normalized spacial score (nSPS) is 16.3. The van der Waals surface area contributed by atoms with Crippen molar-refractivity contribution in [2.45, 2.75) is 236 Å². The minimum Gasteiger partial charge on any atom is -0.507 e. The van der Waals surface area contributed by atoms with E-state index < -0.39 is 23.9 Å². The number of terminal acetylenes is 3. The van der Waals surface area contributed by atoms with Crippen LogP contribution in [0.1, 0.15) is 176 Å². The summed E-state index contributed by atoms with van der Waals surface area (Å²) >= 11 is 0. The fourth-order valence-electron chi connectivity index (χ4n) is 16.1. The van der Waals surface area contributed by atoms with E-state index in [1.54, 1.807) is 55.5 Å². The molecule has 1 heterocycles. The summed E-state index contributed by atoms with van der Waals surface area (Å²) in [7, 11) is 0. The SMILES string of the molecule is C#CC#CC#CC#CC#CC#CC#CC#COC(=O)Cc1cc2c(O)c(c1)CNC1CCCCC1NCc1cc(CC(=O)OC#CC#CC#CC#CC#CC#CC#CC#C)cc(c1O)CNC1CCCCC1NCc1cc(CC(=O)OCC#CC#CC#CC#CC#CC#CC#CC)cc(c1O)CNC1CCCCC1NCc1cc(CC(=O)OC#CC#CC#CC#CC#CC#CC#CC#C)cc(c1O)CNC1CCCCC1NC2. The van der Waals surface area contributed by atoms with Crippen molar-refractivity contribution in [2.75, 3.05) is 6.61 Å². The number of carbonyl (C=O) groups excluding carboxylic acids is 4. The van der Waals surface area contributed by atoms with Crippen molar-refractivity contribution in [3.05, 3.63) is 115 Å². The largest absolute Gasteiger partial charge is 0.507 e. The molecule has 4 aliphatic carbocycles. The van der Waals surface area contributed by atoms with Crippen LogP contribution < -0.4 is 42.5 Å². The van der Waals surface area contributed by atoms with Crippen molar-refractivity contribution >= 4 is 23.9 Å². The highest BCUT2D eigenvalue weighted by Crippen LogP contribution is 2.34. The maximum atomic E-state index is 13.8. The number of nitrogens with one attached hydrogen (secondary N) is 8. The lowest BCUT2D eigenvalue weighted by Crippen LogP contribution is -2.49. The zero-order chi connectivity index (χ0) is 105. The van der Waals surface area contributed by atoms with Crippen LogP contribution in [-0.4, -0.2) is 99.2 Å². The number of aromatic hydroxyl groups is 4. The zero-order valence-corrected chi connectivity index (χ0v) is 81.0. The number of carbonyl (C=O) groups is 4. The first-order chi connectivity index (χ1) is 72.7. The second-order valence-electron chi connectivity index (χ2n) is 32.4. The zero-order valence-electron chi connectivity index (χ0n) is 81.0. The number of benzene rings is 4. The fourth-order valence-corrected chi connectivity index (χ4v) is 16.1. The predicted octanol–water partition coefficient (Wildman–Crippen LogP) is 6.81. The van der Waals surface area contributed by atoms with Crippen molar-refractivity contribution in [2.24, 2.45) is 0 Å². The lowest BCUT2D eigenvalue weighted by atomic mass is 9.89. The minimum absolute atomic E-state index is 0.0119. The Morgan fingerprint density at radius 2 is 0.405 bits per heavy atom. The van der Waals surface area contributed by atoms with Crippen molar-refractivity contribution in [1.82, 2.24) is 42.5 Å². The second-order valence-corrected chi connectivity index (χ2v) is 32.4. The van der Waals surface area contributed by atoms with Gasteiger partial charge in [-0.25, -0.2) is 0 Å². The van der Waals surface area contributed by atoms with E-state index in [2.05, 4.69) is 392 Å². The van der Waals surface area contributed by atoms with Gasteiger partial charge in [0.15, 0.2) is 6.61 Å². The standard InChI is InChI=1S/C128H92N8O12/c1-5-9-13-17-21-25-29-33-37-41-45-49-53-65-77-145-121(137)89-101-81-105-93-129-113-69-57-59-71-115(113)131-95-107-83-102(90-122(138)146-78-66-54-50-46-42-38-34-30-26-22-18-14-10-6-2)85-109(126(107)142)97-133-117-73-61-63-75-119(117)135-99-111-87-104(92-124(140)148-80-68-56-52-48-44-40-36-32-28-24-20-16-12-8-4)88-112(128(111)144)100-136-120-76-64-62-74-118(120)134-98-110-86-103(91-123(139)147-79-67-55-51-47-43-39-35-31-27-23-19-15-11-7-3)84-108(127(110)143)96-132-116-72-60-58-70-114(116)130-94-106(82-101)125(105)141/h1-3,81-88,113-120,129-136,141-144H,57-64,69-76,80,89-100H2,4H3. The van der Waals surface area contributed by atoms with Crippen molar-refractivity contribution in [3.8, 4) is 392 Å². The molecule has 20 nitrogen and oxygen atoms in total. The lowest BCUT2D eigenvalue weighted by molar-refractivity contribution is -0.141. The summed E-state index contributed by atoms with van der Waals surface area (Å²) in [5.74, 6) is 138. The highest BCUT2D eigenvalue weighted by Gasteiger charge is 2.32. The molecule has 8 bridgehead atoms. The van der Waals surface area contributed by atoms with Crippen LogP contribution >= 0.6 is 0 Å². The average Bonchev–Trinajstić information content (AvgIpc) is 0.822. The maximum Gasteiger partial charge on any atom is 0.324 e. The molecule has 0 amide bonds. The van der Waals surface area contributed by atoms with E-state index >= 15 is 0 Å². The van der Waals surface area contributed by atoms with E-state index in [0.29, 0.717) is 66.8 Å². The van der Waals surface area contributed by atoms with Crippen LogP contribution in [-0.2, 0) is 116 Å². The molecule has 0 spiro atoms. The minimum atomic E-state index is -0.687. The number of phenols is 4. The Morgan fingerprint density at radius 1 is 0.243 bits per heavy atom. The third-order valence-corrected chi connectivity index (χ3v) is 22.5. The third-order valence-electron chi connectivity index (χ3n) is 22.5. The molecule has 4 aromatic rings. The second kappa shape index (κ2) is 68.2. The third kappa shape index (κ3) is 43.8. The summed E-state index contributed by atoms with van der Waals surface area (Å²) in [6.07, 6.45) is 34.5. The van der Waals surface area contributed by atoms with Gasteiger partial charge in [0.05, 0.1) is 25.7 Å². The number of fused-ring (bicyclic) bond motifs is 12. The van der Waals surface area contributed by atoms with Crippen LogP contribution in [0.4, 0.5) is 0 Å². The number of ether oxygens (including phenoxy) is 4. The molecule has 716 valence electrons. The van der Waals surface area contributed by atoms with Gasteiger partial charge < -0.3 is 81.9 Å². The van der Waals surface area contributed by atoms with Crippen LogP contribution in [0.25, 0.3) is 0 Å². The molecular weight excluding hydrogens is 1840 g/mol. The van der Waals surface area contributed by atoms with E-state index in [1.807, 2.05) is 0 Å². The lowest BCUT2D eigenvalue weighted by Gasteiger charge is -2.34. The predicted molar refractivity (Wildman–Crippen MR) is 565 cm³/mol. The Morgan fingerprint density at radius 3 is 0.588 bits per heavy atom. The van der Waals surface area contributed by atoms with Gasteiger partial charge in [0, 0.05) is 270 Å². The van der Waals surface area contributed by atoms with E-state index in [0.717, 1.165) is 103 Å². The van der Waals surface area contributed by atoms with Gasteiger partial charge in [0.1, 0.15) is 41.3 Å². The molecule has 0 aromatic heterocycles. The number of hydrogen-bond donors (Lipinski definition) is 12. The Balaban J connectivity index is 1.05. The summed E-state index contributed by atoms with van der Waals surface area (Å²) in [6, 6.07) is 12.8. The van der Waals surface area contributed by atoms with E-state index in [9.17, 15) is 39.6 Å². The van der Waals surface area contributed by atoms with Gasteiger partial charge in [-0.2, -0.15) is 0 Å². The summed E-state index contributed by atoms with van der Waals surface area (Å²) < 4.78 is 21.7. The summed E-state index contributed by atoms with van der Waals surface area (Å²) in [5, 5.41) is 80.2. The van der Waals surface area contributed by atoms with E-state index in [1.165, 1.54) is 0 Å². The molecule has 20 heteroatoms. The molecule has 12 N–H and O–H groups in total. The first-order valence-corrected chi connectivity index (χ1v) is 46.9. The first-order valence-electron chi connectivity index (χ1n) is 46.9. The molecule has 4 fully saturated rings.